The molecule has 2 fully saturated rings. The molecule has 4 heterocycles. The minimum absolute atomic E-state index is 0.0914. The Labute approximate surface area is 245 Å². The second-order valence-corrected chi connectivity index (χ2v) is 12.5. The predicted molar refractivity (Wildman–Crippen MR) is 159 cm³/mol. The molecule has 0 radical (unpaired) electrons. The van der Waals surface area contributed by atoms with Crippen LogP contribution in [0.15, 0.2) is 40.4 Å². The lowest BCUT2D eigenvalue weighted by atomic mass is 9.91. The number of likely N-dealkylation sites (tertiary alicyclic amines) is 1. The van der Waals surface area contributed by atoms with Crippen LogP contribution >= 0.6 is 11.3 Å². The Bertz CT molecular complexity index is 1350. The summed E-state index contributed by atoms with van der Waals surface area (Å²) in [4.78, 5) is 36.5. The lowest BCUT2D eigenvalue weighted by Crippen LogP contribution is -2.49. The van der Waals surface area contributed by atoms with E-state index in [2.05, 4.69) is 32.6 Å². The molecule has 0 unspecified atom stereocenters. The monoisotopic (exact) mass is 580 g/mol. The molecule has 0 bridgehead atoms. The van der Waals surface area contributed by atoms with Gasteiger partial charge in [0.15, 0.2) is 11.6 Å². The Kier molecular flexibility index (Phi) is 8.77. The van der Waals surface area contributed by atoms with Crippen molar-refractivity contribution < 1.29 is 19.2 Å². The number of benzene rings is 1. The van der Waals surface area contributed by atoms with Gasteiger partial charge < -0.3 is 30.1 Å². The highest BCUT2D eigenvalue weighted by atomic mass is 32.1. The number of aryl methyl sites for hydroxylation is 1. The maximum absolute atomic E-state index is 13.9. The van der Waals surface area contributed by atoms with E-state index < -0.39 is 18.1 Å². The first-order chi connectivity index (χ1) is 19.6. The maximum atomic E-state index is 13.9. The van der Waals surface area contributed by atoms with Crippen LogP contribution in [0.3, 0.4) is 0 Å². The third-order valence-electron chi connectivity index (χ3n) is 8.09. The predicted octanol–water partition coefficient (Wildman–Crippen LogP) is 3.48. The SMILES string of the molecule is Cc1ncsc1-c1ccc([C@H](C)NC(=O)[C@@H]2C[C@@H](O)CN2C(=O)[C@@H](c2cc(N3CCN[C@H](C)C3)no2)C(C)C)cc1. The molecule has 2 aliphatic heterocycles. The van der Waals surface area contributed by atoms with Crippen molar-refractivity contribution in [3.8, 4) is 10.4 Å². The van der Waals surface area contributed by atoms with Crippen LogP contribution in [0.4, 0.5) is 5.82 Å². The Morgan fingerprint density at radius 1 is 1.20 bits per heavy atom. The molecular weight excluding hydrogens is 540 g/mol. The number of aliphatic hydroxyl groups is 1. The lowest BCUT2D eigenvalue weighted by Gasteiger charge is -2.31. The van der Waals surface area contributed by atoms with E-state index in [-0.39, 0.29) is 36.7 Å². The number of β-amino-alcohol motifs (C(OH)–C–C–N with tert-alkyl or cyclic N) is 1. The molecule has 5 atom stereocenters. The van der Waals surface area contributed by atoms with E-state index in [1.54, 1.807) is 11.3 Å². The summed E-state index contributed by atoms with van der Waals surface area (Å²) in [5.41, 5.74) is 4.87. The van der Waals surface area contributed by atoms with Gasteiger partial charge in [-0.1, -0.05) is 43.3 Å². The topological polar surface area (TPSA) is 124 Å². The number of amides is 2. The molecule has 0 aliphatic carbocycles. The number of nitrogens with zero attached hydrogens (tertiary/aromatic N) is 4. The number of carbonyl (C=O) groups is 2. The normalized spacial score (nSPS) is 22.7. The molecule has 10 nitrogen and oxygen atoms in total. The number of nitrogens with one attached hydrogen (secondary N) is 2. The Balaban J connectivity index is 1.28. The highest BCUT2D eigenvalue weighted by Crippen LogP contribution is 2.33. The molecule has 3 aromatic rings. The molecular formula is C30H40N6O4S. The zero-order valence-electron chi connectivity index (χ0n) is 24.3. The van der Waals surface area contributed by atoms with E-state index in [0.717, 1.165) is 41.3 Å². The number of thiazole rings is 1. The summed E-state index contributed by atoms with van der Waals surface area (Å²) in [5, 5.41) is 21.3. The van der Waals surface area contributed by atoms with Gasteiger partial charge in [-0.15, -0.1) is 11.3 Å². The molecule has 220 valence electrons. The first-order valence-electron chi connectivity index (χ1n) is 14.4. The summed E-state index contributed by atoms with van der Waals surface area (Å²) in [5.74, 6) is -0.0155. The van der Waals surface area contributed by atoms with E-state index >= 15 is 0 Å². The molecule has 3 N–H and O–H groups in total. The van der Waals surface area contributed by atoms with E-state index in [1.807, 2.05) is 63.5 Å². The quantitative estimate of drug-likeness (QED) is 0.370. The third-order valence-corrected chi connectivity index (χ3v) is 9.07. The Hall–Kier alpha value is -3.28. The summed E-state index contributed by atoms with van der Waals surface area (Å²) in [6, 6.07) is 9.22. The van der Waals surface area contributed by atoms with Crippen molar-refractivity contribution in [3.05, 3.63) is 52.9 Å². The summed E-state index contributed by atoms with van der Waals surface area (Å²) in [6.07, 6.45) is -0.577. The van der Waals surface area contributed by atoms with Gasteiger partial charge in [0.2, 0.25) is 11.8 Å². The largest absolute Gasteiger partial charge is 0.391 e. The summed E-state index contributed by atoms with van der Waals surface area (Å²) < 4.78 is 5.72. The lowest BCUT2D eigenvalue weighted by molar-refractivity contribution is -0.141. The zero-order chi connectivity index (χ0) is 29.3. The Morgan fingerprint density at radius 2 is 1.95 bits per heavy atom. The molecule has 0 spiro atoms. The molecule has 2 saturated heterocycles. The van der Waals surface area contributed by atoms with Crippen LogP contribution in [0.2, 0.25) is 0 Å². The molecule has 2 aromatic heterocycles. The van der Waals surface area contributed by atoms with E-state index in [9.17, 15) is 14.7 Å². The van der Waals surface area contributed by atoms with Crippen LogP contribution < -0.4 is 15.5 Å². The Morgan fingerprint density at radius 3 is 2.61 bits per heavy atom. The number of hydrogen-bond acceptors (Lipinski definition) is 9. The van der Waals surface area contributed by atoms with Crippen molar-refractivity contribution >= 4 is 29.0 Å². The number of piperazine rings is 1. The first-order valence-corrected chi connectivity index (χ1v) is 15.2. The first kappa shape index (κ1) is 29.2. The highest BCUT2D eigenvalue weighted by molar-refractivity contribution is 7.13. The van der Waals surface area contributed by atoms with Crippen molar-refractivity contribution in [2.75, 3.05) is 31.1 Å². The van der Waals surface area contributed by atoms with Gasteiger partial charge >= 0.3 is 0 Å². The molecule has 2 amide bonds. The summed E-state index contributed by atoms with van der Waals surface area (Å²) in [7, 11) is 0. The van der Waals surface area contributed by atoms with Crippen molar-refractivity contribution in [1.29, 1.82) is 0 Å². The standard InChI is InChI=1S/C30H40N6O4S/c1-17(2)27(25-13-26(34-40-25)35-11-10-31-18(3)14-35)30(39)36-15-23(37)12-24(36)29(38)33-19(4)21-6-8-22(9-7-21)28-20(5)32-16-41-28/h6-9,13,16-19,23-24,27,31,37H,10-12,14-15H2,1-5H3,(H,33,38)/t18-,19+,23-,24+,27-/m1/s1. The van der Waals surface area contributed by atoms with Crippen molar-refractivity contribution in [3.63, 3.8) is 0 Å². The molecule has 0 saturated carbocycles. The molecule has 11 heteroatoms. The molecule has 41 heavy (non-hydrogen) atoms. The van der Waals surface area contributed by atoms with Crippen LogP contribution in [0.1, 0.15) is 63.1 Å². The number of carbonyl (C=O) groups excluding carboxylic acids is 2. The van der Waals surface area contributed by atoms with Gasteiger partial charge in [0.25, 0.3) is 0 Å². The van der Waals surface area contributed by atoms with Crippen LogP contribution in [0, 0.1) is 12.8 Å². The van der Waals surface area contributed by atoms with Gasteiger partial charge in [-0.25, -0.2) is 4.98 Å². The van der Waals surface area contributed by atoms with Crippen molar-refractivity contribution in [2.24, 2.45) is 5.92 Å². The minimum atomic E-state index is -0.771. The van der Waals surface area contributed by atoms with E-state index in [4.69, 9.17) is 4.52 Å². The zero-order valence-corrected chi connectivity index (χ0v) is 25.1. The summed E-state index contributed by atoms with van der Waals surface area (Å²) >= 11 is 1.60. The van der Waals surface area contributed by atoms with E-state index in [1.165, 1.54) is 4.90 Å². The van der Waals surface area contributed by atoms with Crippen molar-refractivity contribution in [1.82, 2.24) is 25.7 Å². The average Bonchev–Trinajstić information content (AvgIpc) is 3.69. The molecule has 1 aromatic carbocycles. The number of hydrogen-bond donors (Lipinski definition) is 3. The van der Waals surface area contributed by atoms with Crippen LogP contribution in [0.5, 0.6) is 0 Å². The average molecular weight is 581 g/mol. The van der Waals surface area contributed by atoms with Gasteiger partial charge in [0.1, 0.15) is 12.0 Å². The second-order valence-electron chi connectivity index (χ2n) is 11.6. The third kappa shape index (κ3) is 6.32. The van der Waals surface area contributed by atoms with Gasteiger partial charge in [-0.05, 0) is 37.8 Å². The molecule has 2 aliphatic rings. The van der Waals surface area contributed by atoms with Crippen LogP contribution in [-0.4, -0.2) is 76.3 Å². The van der Waals surface area contributed by atoms with Gasteiger partial charge in [0, 0.05) is 44.7 Å². The number of anilines is 1. The molecule has 5 rings (SSSR count). The highest BCUT2D eigenvalue weighted by Gasteiger charge is 2.43. The number of rotatable bonds is 8. The fraction of sp³-hybridized carbons (Fsp3) is 0.533. The minimum Gasteiger partial charge on any atom is -0.391 e. The van der Waals surface area contributed by atoms with Gasteiger partial charge in [-0.2, -0.15) is 0 Å². The maximum Gasteiger partial charge on any atom is 0.243 e. The fourth-order valence-corrected chi connectivity index (χ4v) is 6.64. The summed E-state index contributed by atoms with van der Waals surface area (Å²) in [6.45, 7) is 12.5. The second kappa shape index (κ2) is 12.3. The smallest absolute Gasteiger partial charge is 0.243 e. The van der Waals surface area contributed by atoms with Gasteiger partial charge in [-0.3, -0.25) is 9.59 Å². The van der Waals surface area contributed by atoms with Crippen molar-refractivity contribution in [2.45, 2.75) is 71.2 Å². The number of aliphatic hydroxyl groups excluding tert-OH is 1. The fourth-order valence-electron chi connectivity index (χ4n) is 5.83. The number of aromatic nitrogens is 2. The van der Waals surface area contributed by atoms with Crippen LogP contribution in [0.25, 0.3) is 10.4 Å². The van der Waals surface area contributed by atoms with Crippen LogP contribution in [-0.2, 0) is 9.59 Å². The van der Waals surface area contributed by atoms with Gasteiger partial charge in [0.05, 0.1) is 28.2 Å². The van der Waals surface area contributed by atoms with E-state index in [0.29, 0.717) is 17.6 Å².